The summed E-state index contributed by atoms with van der Waals surface area (Å²) in [5.74, 6) is -1.05. The van der Waals surface area contributed by atoms with Crippen LogP contribution in [0, 0.1) is 25.2 Å². The molecule has 1 saturated carbocycles. The van der Waals surface area contributed by atoms with Gasteiger partial charge in [0.2, 0.25) is 0 Å². The van der Waals surface area contributed by atoms with Crippen molar-refractivity contribution in [2.24, 2.45) is 0 Å². The lowest BCUT2D eigenvalue weighted by Gasteiger charge is -2.32. The third kappa shape index (κ3) is 4.32. The van der Waals surface area contributed by atoms with E-state index in [9.17, 15) is 14.9 Å². The van der Waals surface area contributed by atoms with Crippen LogP contribution in [0.15, 0.2) is 30.3 Å². The van der Waals surface area contributed by atoms with E-state index >= 15 is 0 Å². The summed E-state index contributed by atoms with van der Waals surface area (Å²) in [7, 11) is 0. The summed E-state index contributed by atoms with van der Waals surface area (Å²) in [6, 6.07) is 11.7. The fourth-order valence-electron chi connectivity index (χ4n) is 3.79. The van der Waals surface area contributed by atoms with E-state index in [1.807, 2.05) is 30.3 Å². The highest BCUT2D eigenvalue weighted by Gasteiger charge is 2.35. The van der Waals surface area contributed by atoms with Crippen molar-refractivity contribution >= 4 is 11.9 Å². The molecule has 3 rings (SSSR count). The number of esters is 1. The smallest absolute Gasteiger partial charge is 0.342 e. The van der Waals surface area contributed by atoms with Crippen LogP contribution < -0.4 is 5.32 Å². The number of carbonyl (C=O) groups excluding carboxylic acids is 2. The summed E-state index contributed by atoms with van der Waals surface area (Å²) in [6.45, 7) is 5.05. The van der Waals surface area contributed by atoms with E-state index in [2.05, 4.69) is 16.5 Å². The molecular weight excluding hydrogens is 368 g/mol. The maximum Gasteiger partial charge on any atom is 0.342 e. The number of nitriles is 1. The second-order valence-corrected chi connectivity index (χ2v) is 7.58. The van der Waals surface area contributed by atoms with Crippen LogP contribution in [0.2, 0.25) is 0 Å². The van der Waals surface area contributed by atoms with Crippen LogP contribution in [0.3, 0.4) is 0 Å². The number of nitrogens with zero attached hydrogens (tertiary/aromatic N) is 3. The molecule has 0 aliphatic heterocycles. The van der Waals surface area contributed by atoms with Crippen molar-refractivity contribution in [3.05, 3.63) is 47.3 Å². The predicted octanol–water partition coefficient (Wildman–Crippen LogP) is 3.38. The van der Waals surface area contributed by atoms with Gasteiger partial charge in [-0.3, -0.25) is 4.79 Å². The molecule has 0 unspecified atom stereocenters. The molecule has 1 aromatic heterocycles. The lowest BCUT2D eigenvalue weighted by atomic mass is 9.83. The van der Waals surface area contributed by atoms with Crippen molar-refractivity contribution in [2.75, 3.05) is 0 Å². The van der Waals surface area contributed by atoms with Gasteiger partial charge in [-0.15, -0.1) is 0 Å². The van der Waals surface area contributed by atoms with E-state index < -0.39 is 23.5 Å². The standard InChI is InChI=1S/C22H26N4O3/c1-15-19(16(2)26(25-15)18-10-6-4-7-11-18)21(28)29-17(3)20(27)24-22(14-23)12-8-5-9-13-22/h4,6-7,10-11,17H,5,8-9,12-13H2,1-3H3,(H,24,27)/t17-/m1/s1. The molecule has 1 amide bonds. The van der Waals surface area contributed by atoms with Crippen molar-refractivity contribution in [1.82, 2.24) is 15.1 Å². The predicted molar refractivity (Wildman–Crippen MR) is 107 cm³/mol. The van der Waals surface area contributed by atoms with Gasteiger partial charge in [0.05, 0.1) is 23.1 Å². The highest BCUT2D eigenvalue weighted by molar-refractivity contribution is 5.94. The molecule has 29 heavy (non-hydrogen) atoms. The largest absolute Gasteiger partial charge is 0.449 e. The monoisotopic (exact) mass is 394 g/mol. The van der Waals surface area contributed by atoms with Crippen molar-refractivity contribution in [3.63, 3.8) is 0 Å². The summed E-state index contributed by atoms with van der Waals surface area (Å²) in [4.78, 5) is 25.3. The second-order valence-electron chi connectivity index (χ2n) is 7.58. The number of amides is 1. The van der Waals surface area contributed by atoms with E-state index in [4.69, 9.17) is 4.74 Å². The van der Waals surface area contributed by atoms with Crippen LogP contribution in [-0.4, -0.2) is 33.3 Å². The third-order valence-corrected chi connectivity index (χ3v) is 5.43. The van der Waals surface area contributed by atoms with Crippen molar-refractivity contribution in [3.8, 4) is 11.8 Å². The number of benzene rings is 1. The molecule has 0 saturated heterocycles. The lowest BCUT2D eigenvalue weighted by Crippen LogP contribution is -2.52. The van der Waals surface area contributed by atoms with Crippen LogP contribution in [0.1, 0.15) is 60.8 Å². The molecule has 0 spiro atoms. The van der Waals surface area contributed by atoms with Gasteiger partial charge < -0.3 is 10.1 Å². The van der Waals surface area contributed by atoms with Gasteiger partial charge in [-0.2, -0.15) is 10.4 Å². The number of aromatic nitrogens is 2. The summed E-state index contributed by atoms with van der Waals surface area (Å²) >= 11 is 0. The Morgan fingerprint density at radius 3 is 2.48 bits per heavy atom. The summed E-state index contributed by atoms with van der Waals surface area (Å²) in [5.41, 5.74) is 1.50. The number of ether oxygens (including phenoxy) is 1. The van der Waals surface area contributed by atoms with Crippen LogP contribution in [-0.2, 0) is 9.53 Å². The minimum atomic E-state index is -1.01. The minimum absolute atomic E-state index is 0.348. The van der Waals surface area contributed by atoms with Crippen molar-refractivity contribution in [2.45, 2.75) is 64.5 Å². The van der Waals surface area contributed by atoms with Gasteiger partial charge in [-0.25, -0.2) is 9.48 Å². The van der Waals surface area contributed by atoms with Crippen molar-refractivity contribution < 1.29 is 14.3 Å². The SMILES string of the molecule is Cc1nn(-c2ccccc2)c(C)c1C(=O)O[C@H](C)C(=O)NC1(C#N)CCCCC1. The van der Waals surface area contributed by atoms with Gasteiger partial charge >= 0.3 is 5.97 Å². The fourth-order valence-corrected chi connectivity index (χ4v) is 3.79. The second kappa shape index (κ2) is 8.48. The molecule has 0 bridgehead atoms. The first kappa shape index (κ1) is 20.6. The molecule has 7 heteroatoms. The molecule has 1 aliphatic rings. The number of aryl methyl sites for hydroxylation is 1. The van der Waals surface area contributed by atoms with E-state index in [-0.39, 0.29) is 0 Å². The van der Waals surface area contributed by atoms with Crippen LogP contribution in [0.4, 0.5) is 0 Å². The van der Waals surface area contributed by atoms with E-state index in [1.54, 1.807) is 18.5 Å². The molecule has 2 aromatic rings. The Morgan fingerprint density at radius 2 is 1.86 bits per heavy atom. The highest BCUT2D eigenvalue weighted by Crippen LogP contribution is 2.28. The quantitative estimate of drug-likeness (QED) is 0.784. The molecule has 1 atom stereocenters. The Bertz CT molecular complexity index is 937. The topological polar surface area (TPSA) is 97.0 Å². The van der Waals surface area contributed by atoms with Crippen LogP contribution in [0.25, 0.3) is 5.69 Å². The average molecular weight is 394 g/mol. The average Bonchev–Trinajstić information content (AvgIpc) is 3.03. The van der Waals surface area contributed by atoms with Crippen LogP contribution in [0.5, 0.6) is 0 Å². The Balaban J connectivity index is 1.72. The first-order chi connectivity index (χ1) is 13.9. The van der Waals surface area contributed by atoms with Gasteiger partial charge in [-0.1, -0.05) is 37.5 Å². The zero-order chi connectivity index (χ0) is 21.0. The number of carbonyl (C=O) groups is 2. The minimum Gasteiger partial charge on any atom is -0.449 e. The normalized spacial score (nSPS) is 16.5. The highest BCUT2D eigenvalue weighted by atomic mass is 16.5. The summed E-state index contributed by atoms with van der Waals surface area (Å²) in [5, 5.41) is 16.8. The van der Waals surface area contributed by atoms with E-state index in [0.717, 1.165) is 24.9 Å². The van der Waals surface area contributed by atoms with Gasteiger partial charge in [0.25, 0.3) is 5.91 Å². The molecule has 1 aromatic carbocycles. The van der Waals surface area contributed by atoms with Gasteiger partial charge in [0, 0.05) is 0 Å². The number of hydrogen-bond acceptors (Lipinski definition) is 5. The number of rotatable bonds is 5. The number of para-hydroxylation sites is 1. The fraction of sp³-hybridized carbons (Fsp3) is 0.455. The first-order valence-electron chi connectivity index (χ1n) is 9.93. The molecule has 152 valence electrons. The molecule has 1 fully saturated rings. The van der Waals surface area contributed by atoms with Crippen LogP contribution >= 0.6 is 0 Å². The van der Waals surface area contributed by atoms with Gasteiger partial charge in [0.15, 0.2) is 6.10 Å². The Labute approximate surface area is 170 Å². The third-order valence-electron chi connectivity index (χ3n) is 5.43. The molecule has 7 nitrogen and oxygen atoms in total. The van der Waals surface area contributed by atoms with Gasteiger partial charge in [0.1, 0.15) is 11.1 Å². The Morgan fingerprint density at radius 1 is 1.21 bits per heavy atom. The molecule has 1 N–H and O–H groups in total. The molecule has 0 radical (unpaired) electrons. The summed E-state index contributed by atoms with van der Waals surface area (Å²) in [6.07, 6.45) is 3.11. The Hall–Kier alpha value is -3.14. The number of hydrogen-bond donors (Lipinski definition) is 1. The van der Waals surface area contributed by atoms with Crippen molar-refractivity contribution in [1.29, 1.82) is 5.26 Å². The zero-order valence-corrected chi connectivity index (χ0v) is 17.1. The molecule has 1 heterocycles. The first-order valence-corrected chi connectivity index (χ1v) is 9.93. The maximum absolute atomic E-state index is 12.8. The zero-order valence-electron chi connectivity index (χ0n) is 17.1. The maximum atomic E-state index is 12.8. The molecule has 1 aliphatic carbocycles. The molecular formula is C22H26N4O3. The van der Waals surface area contributed by atoms with E-state index in [1.165, 1.54) is 6.92 Å². The Kier molecular flexibility index (Phi) is 6.02. The lowest BCUT2D eigenvalue weighted by molar-refractivity contribution is -0.130. The number of nitrogens with one attached hydrogen (secondary N) is 1. The van der Waals surface area contributed by atoms with E-state index in [0.29, 0.717) is 29.8 Å². The summed E-state index contributed by atoms with van der Waals surface area (Å²) < 4.78 is 7.11. The van der Waals surface area contributed by atoms with Gasteiger partial charge in [-0.05, 0) is 45.7 Å².